The predicted octanol–water partition coefficient (Wildman–Crippen LogP) is 7.64. The second-order valence-corrected chi connectivity index (χ2v) is 7.98. The van der Waals surface area contributed by atoms with Crippen molar-refractivity contribution in [3.63, 3.8) is 0 Å². The van der Waals surface area contributed by atoms with Gasteiger partial charge < -0.3 is 0 Å². The predicted molar refractivity (Wildman–Crippen MR) is 142 cm³/mol. The van der Waals surface area contributed by atoms with Gasteiger partial charge in [0.15, 0.2) is 17.5 Å². The highest BCUT2D eigenvalue weighted by molar-refractivity contribution is 5.88. The zero-order valence-electron chi connectivity index (χ0n) is 18.7. The minimum absolute atomic E-state index is 0.537. The van der Waals surface area contributed by atoms with E-state index in [1.54, 1.807) is 0 Å². The summed E-state index contributed by atoms with van der Waals surface area (Å²) in [4.78, 5) is 14.2. The maximum atomic E-state index is 4.72. The van der Waals surface area contributed by atoms with Gasteiger partial charge >= 0.3 is 0 Å². The van der Waals surface area contributed by atoms with Gasteiger partial charge in [-0.1, -0.05) is 122 Å². The van der Waals surface area contributed by atoms with Crippen molar-refractivity contribution in [1.82, 2.24) is 15.0 Å². The second kappa shape index (κ2) is 9.47. The molecule has 0 unspecified atom stereocenters. The molecule has 3 heteroatoms. The number of nitrogens with zero attached hydrogens (tertiary/aromatic N) is 3. The molecule has 0 saturated carbocycles. The summed E-state index contributed by atoms with van der Waals surface area (Å²) in [6.07, 6.45) is 3.87. The largest absolute Gasteiger partial charge is 0.208 e. The first-order valence-electron chi connectivity index (χ1n) is 11.1. The third kappa shape index (κ3) is 4.59. The first-order valence-corrected chi connectivity index (χ1v) is 11.1. The minimum atomic E-state index is 0.537. The summed E-state index contributed by atoms with van der Waals surface area (Å²) in [6, 6.07) is 34.5. The van der Waals surface area contributed by atoms with Gasteiger partial charge in [0.25, 0.3) is 0 Å². The van der Waals surface area contributed by atoms with Crippen LogP contribution in [0.4, 0.5) is 0 Å². The SMILES string of the molecule is C=C(/C=C\C(=C)c1nc(-c2ccccc2)nc(-c2ccccc2)n1)c1ccc2ccccc2c1. The first-order chi connectivity index (χ1) is 16.7. The average molecular weight is 438 g/mol. The fourth-order valence-corrected chi connectivity index (χ4v) is 3.71. The van der Waals surface area contributed by atoms with E-state index in [0.717, 1.165) is 22.3 Å². The highest BCUT2D eigenvalue weighted by Gasteiger charge is 2.11. The molecule has 3 nitrogen and oxygen atoms in total. The van der Waals surface area contributed by atoms with Crippen LogP contribution >= 0.6 is 0 Å². The fraction of sp³-hybridized carbons (Fsp3) is 0. The molecule has 0 amide bonds. The molecule has 0 aliphatic rings. The van der Waals surface area contributed by atoms with Crippen LogP contribution in [0.1, 0.15) is 11.4 Å². The van der Waals surface area contributed by atoms with Crippen molar-refractivity contribution in [2.24, 2.45) is 0 Å². The summed E-state index contributed by atoms with van der Waals surface area (Å²) in [5.74, 6) is 1.77. The lowest BCUT2D eigenvalue weighted by Gasteiger charge is -2.08. The maximum absolute atomic E-state index is 4.72. The lowest BCUT2D eigenvalue weighted by Crippen LogP contribution is -2.01. The average Bonchev–Trinajstić information content (AvgIpc) is 2.92. The van der Waals surface area contributed by atoms with E-state index in [2.05, 4.69) is 43.5 Å². The molecule has 0 N–H and O–H groups in total. The Hall–Kier alpha value is -4.63. The number of allylic oxidation sites excluding steroid dienone is 4. The van der Waals surface area contributed by atoms with Crippen LogP contribution in [0.5, 0.6) is 0 Å². The molecular formula is C31H23N3. The number of hydrogen-bond acceptors (Lipinski definition) is 3. The molecule has 5 aromatic rings. The lowest BCUT2D eigenvalue weighted by atomic mass is 10.0. The quantitative estimate of drug-likeness (QED) is 0.256. The third-order valence-electron chi connectivity index (χ3n) is 5.59. The summed E-state index contributed by atoms with van der Waals surface area (Å²) < 4.78 is 0. The minimum Gasteiger partial charge on any atom is -0.208 e. The van der Waals surface area contributed by atoms with Gasteiger partial charge in [0.1, 0.15) is 0 Å². The number of hydrogen-bond donors (Lipinski definition) is 0. The van der Waals surface area contributed by atoms with Crippen molar-refractivity contribution in [1.29, 1.82) is 0 Å². The van der Waals surface area contributed by atoms with Gasteiger partial charge in [-0.25, -0.2) is 15.0 Å². The lowest BCUT2D eigenvalue weighted by molar-refractivity contribution is 1.04. The molecule has 1 aromatic heterocycles. The zero-order valence-corrected chi connectivity index (χ0v) is 18.7. The number of rotatable bonds is 6. The maximum Gasteiger partial charge on any atom is 0.164 e. The van der Waals surface area contributed by atoms with Crippen molar-refractivity contribution >= 4 is 21.9 Å². The van der Waals surface area contributed by atoms with Gasteiger partial charge in [0.05, 0.1) is 0 Å². The molecule has 0 aliphatic carbocycles. The van der Waals surface area contributed by atoms with E-state index in [1.807, 2.05) is 84.9 Å². The molecule has 0 aliphatic heterocycles. The summed E-state index contributed by atoms with van der Waals surface area (Å²) in [5, 5.41) is 2.39. The van der Waals surface area contributed by atoms with Gasteiger partial charge in [-0.05, 0) is 28.0 Å². The van der Waals surface area contributed by atoms with Gasteiger partial charge in [0, 0.05) is 16.7 Å². The van der Waals surface area contributed by atoms with E-state index in [0.29, 0.717) is 23.0 Å². The van der Waals surface area contributed by atoms with Crippen LogP contribution in [-0.2, 0) is 0 Å². The van der Waals surface area contributed by atoms with Crippen LogP contribution in [0.3, 0.4) is 0 Å². The smallest absolute Gasteiger partial charge is 0.164 e. The third-order valence-corrected chi connectivity index (χ3v) is 5.59. The number of fused-ring (bicyclic) bond motifs is 1. The Labute approximate surface area is 199 Å². The highest BCUT2D eigenvalue weighted by atomic mass is 15.0. The first kappa shape index (κ1) is 21.2. The molecular weight excluding hydrogens is 414 g/mol. The second-order valence-electron chi connectivity index (χ2n) is 7.98. The normalized spacial score (nSPS) is 11.1. The van der Waals surface area contributed by atoms with Gasteiger partial charge in [-0.15, -0.1) is 0 Å². The Balaban J connectivity index is 1.47. The molecule has 5 rings (SSSR count). The van der Waals surface area contributed by atoms with Crippen molar-refractivity contribution in [2.45, 2.75) is 0 Å². The van der Waals surface area contributed by atoms with Crippen molar-refractivity contribution in [2.75, 3.05) is 0 Å². The molecule has 0 fully saturated rings. The van der Waals surface area contributed by atoms with Crippen LogP contribution in [0.25, 0.3) is 44.7 Å². The van der Waals surface area contributed by atoms with Crippen molar-refractivity contribution in [3.8, 4) is 22.8 Å². The molecule has 4 aromatic carbocycles. The molecule has 0 radical (unpaired) electrons. The van der Waals surface area contributed by atoms with E-state index in [4.69, 9.17) is 15.0 Å². The van der Waals surface area contributed by atoms with Crippen molar-refractivity contribution < 1.29 is 0 Å². The van der Waals surface area contributed by atoms with Crippen LogP contribution < -0.4 is 0 Å². The Morgan fingerprint density at radius 1 is 0.529 bits per heavy atom. The number of benzene rings is 4. The summed E-state index contributed by atoms with van der Waals surface area (Å²) in [6.45, 7) is 8.48. The summed E-state index contributed by atoms with van der Waals surface area (Å²) in [5.41, 5.74) is 4.51. The van der Waals surface area contributed by atoms with Crippen LogP contribution in [0, 0.1) is 0 Å². The van der Waals surface area contributed by atoms with Crippen molar-refractivity contribution in [3.05, 3.63) is 140 Å². The Kier molecular flexibility index (Phi) is 5.91. The summed E-state index contributed by atoms with van der Waals surface area (Å²) in [7, 11) is 0. The van der Waals surface area contributed by atoms with E-state index in [-0.39, 0.29) is 0 Å². The molecule has 0 saturated heterocycles. The molecule has 1 heterocycles. The number of aromatic nitrogens is 3. The van der Waals surface area contributed by atoms with Gasteiger partial charge in [-0.2, -0.15) is 0 Å². The molecule has 0 atom stereocenters. The zero-order chi connectivity index (χ0) is 23.3. The molecule has 162 valence electrons. The standard InChI is InChI=1S/C31H23N3/c1-22(27-20-19-24-11-9-10-16-28(24)21-27)17-18-23(2)29-32-30(25-12-5-3-6-13-25)34-31(33-29)26-14-7-4-8-15-26/h3-21H,1-2H2/b18-17-. The van der Waals surface area contributed by atoms with E-state index >= 15 is 0 Å². The summed E-state index contributed by atoms with van der Waals surface area (Å²) >= 11 is 0. The van der Waals surface area contributed by atoms with E-state index in [1.165, 1.54) is 10.8 Å². The van der Waals surface area contributed by atoms with E-state index in [9.17, 15) is 0 Å². The molecule has 0 spiro atoms. The molecule has 34 heavy (non-hydrogen) atoms. The van der Waals surface area contributed by atoms with Crippen LogP contribution in [0.2, 0.25) is 0 Å². The Bertz CT molecular complexity index is 1460. The highest BCUT2D eigenvalue weighted by Crippen LogP contribution is 2.24. The fourth-order valence-electron chi connectivity index (χ4n) is 3.71. The topological polar surface area (TPSA) is 38.7 Å². The molecule has 0 bridgehead atoms. The van der Waals surface area contributed by atoms with Gasteiger partial charge in [-0.3, -0.25) is 0 Å². The Morgan fingerprint density at radius 3 is 1.68 bits per heavy atom. The monoisotopic (exact) mass is 437 g/mol. The van der Waals surface area contributed by atoms with E-state index < -0.39 is 0 Å². The van der Waals surface area contributed by atoms with Gasteiger partial charge in [0.2, 0.25) is 0 Å². The van der Waals surface area contributed by atoms with Crippen LogP contribution in [0.15, 0.2) is 128 Å². The van der Waals surface area contributed by atoms with Crippen LogP contribution in [-0.4, -0.2) is 15.0 Å². The Morgan fingerprint density at radius 2 is 1.06 bits per heavy atom.